The third kappa shape index (κ3) is 6.11. The molecule has 2 fully saturated rings. The summed E-state index contributed by atoms with van der Waals surface area (Å²) in [4.78, 5) is 24.7. The molecule has 2 bridgehead atoms. The average molecular weight is 354 g/mol. The maximum Gasteiger partial charge on any atom is 0.319 e. The minimum Gasteiger partial charge on any atom is -0.483 e. The number of rotatable bonds is 5. The molecule has 1 aromatic rings. The van der Waals surface area contributed by atoms with E-state index in [9.17, 15) is 4.79 Å². The minimum absolute atomic E-state index is 0.171. The zero-order valence-corrected chi connectivity index (χ0v) is 14.5. The number of hydrogen-bond acceptors (Lipinski definition) is 7. The van der Waals surface area contributed by atoms with Crippen molar-refractivity contribution < 1.29 is 24.2 Å². The van der Waals surface area contributed by atoms with Crippen LogP contribution in [0, 0.1) is 5.92 Å². The second-order valence-corrected chi connectivity index (χ2v) is 6.20. The first-order valence-electron chi connectivity index (χ1n) is 8.32. The van der Waals surface area contributed by atoms with E-state index >= 15 is 0 Å². The van der Waals surface area contributed by atoms with Crippen LogP contribution in [0.1, 0.15) is 0 Å². The monoisotopic (exact) mass is 354 g/mol. The predicted molar refractivity (Wildman–Crippen MR) is 89.0 cm³/mol. The van der Waals surface area contributed by atoms with Gasteiger partial charge in [0.2, 0.25) is 0 Å². The van der Waals surface area contributed by atoms with Crippen molar-refractivity contribution in [3.05, 3.63) is 18.5 Å². The molecule has 2 aliphatic heterocycles. The smallest absolute Gasteiger partial charge is 0.319 e. The molecule has 25 heavy (non-hydrogen) atoms. The van der Waals surface area contributed by atoms with Crippen LogP contribution in [0.3, 0.4) is 0 Å². The Morgan fingerprint density at radius 3 is 2.84 bits per heavy atom. The first kappa shape index (κ1) is 19.4. The van der Waals surface area contributed by atoms with Gasteiger partial charge in [-0.1, -0.05) is 0 Å². The number of carbonyl (C=O) groups is 2. The van der Waals surface area contributed by atoms with E-state index in [1.807, 2.05) is 23.1 Å². The average Bonchev–Trinajstić information content (AvgIpc) is 2.96. The van der Waals surface area contributed by atoms with Gasteiger partial charge in [-0.25, -0.2) is 0 Å². The van der Waals surface area contributed by atoms with Crippen molar-refractivity contribution in [2.45, 2.75) is 12.6 Å². The van der Waals surface area contributed by atoms with Gasteiger partial charge in [0.1, 0.15) is 0 Å². The van der Waals surface area contributed by atoms with Gasteiger partial charge < -0.3 is 14.6 Å². The summed E-state index contributed by atoms with van der Waals surface area (Å²) in [7, 11) is 1.44. The molecule has 0 spiro atoms. The Morgan fingerprint density at radius 1 is 1.36 bits per heavy atom. The summed E-state index contributed by atoms with van der Waals surface area (Å²) in [5, 5.41) is 11.1. The lowest BCUT2D eigenvalue weighted by atomic mass is 10.1. The van der Waals surface area contributed by atoms with E-state index in [1.54, 1.807) is 0 Å². The lowest BCUT2D eigenvalue weighted by Crippen LogP contribution is -2.46. The fourth-order valence-electron chi connectivity index (χ4n) is 3.31. The molecule has 0 unspecified atom stereocenters. The van der Waals surface area contributed by atoms with Crippen LogP contribution in [0.5, 0.6) is 0 Å². The van der Waals surface area contributed by atoms with Crippen LogP contribution in [-0.2, 0) is 25.6 Å². The Labute approximate surface area is 147 Å². The van der Waals surface area contributed by atoms with E-state index < -0.39 is 0 Å². The molecule has 3 rings (SSSR count). The summed E-state index contributed by atoms with van der Waals surface area (Å²) >= 11 is 0. The van der Waals surface area contributed by atoms with Crippen LogP contribution in [-0.4, -0.2) is 96.2 Å². The highest BCUT2D eigenvalue weighted by atomic mass is 16.5. The lowest BCUT2D eigenvalue weighted by molar-refractivity contribution is -0.142. The van der Waals surface area contributed by atoms with Crippen LogP contribution in [0.25, 0.3) is 0 Å². The third-order valence-electron chi connectivity index (χ3n) is 4.42. The molecule has 0 amide bonds. The van der Waals surface area contributed by atoms with E-state index in [4.69, 9.17) is 19.4 Å². The van der Waals surface area contributed by atoms with Crippen molar-refractivity contribution in [1.82, 2.24) is 19.6 Å². The highest BCUT2D eigenvalue weighted by Crippen LogP contribution is 2.19. The van der Waals surface area contributed by atoms with Gasteiger partial charge in [0, 0.05) is 50.5 Å². The van der Waals surface area contributed by atoms with Crippen molar-refractivity contribution in [3.8, 4) is 0 Å². The quantitative estimate of drug-likeness (QED) is 0.552. The highest BCUT2D eigenvalue weighted by Gasteiger charge is 2.34. The summed E-state index contributed by atoms with van der Waals surface area (Å²) in [6.07, 6.45) is 3.80. The Morgan fingerprint density at radius 2 is 2.16 bits per heavy atom. The van der Waals surface area contributed by atoms with Gasteiger partial charge >= 0.3 is 5.97 Å². The van der Waals surface area contributed by atoms with Gasteiger partial charge in [-0.2, -0.15) is 5.10 Å². The van der Waals surface area contributed by atoms with Gasteiger partial charge in [0.15, 0.2) is 0 Å². The van der Waals surface area contributed by atoms with E-state index in [-0.39, 0.29) is 18.5 Å². The zero-order chi connectivity index (χ0) is 18.1. The van der Waals surface area contributed by atoms with Gasteiger partial charge in [-0.05, 0) is 6.07 Å². The maximum atomic E-state index is 11.6. The number of carboxylic acid groups (broad SMARTS) is 1. The van der Waals surface area contributed by atoms with Crippen LogP contribution in [0.15, 0.2) is 18.5 Å². The molecule has 2 atom stereocenters. The van der Waals surface area contributed by atoms with Crippen molar-refractivity contribution in [1.29, 1.82) is 0 Å². The molecule has 1 N–H and O–H groups in total. The second kappa shape index (κ2) is 10.1. The fraction of sp³-hybridized carbons (Fsp3) is 0.688. The molecular formula is C16H26N4O5. The van der Waals surface area contributed by atoms with Crippen molar-refractivity contribution in [3.63, 3.8) is 0 Å². The third-order valence-corrected chi connectivity index (χ3v) is 4.42. The number of carbonyl (C=O) groups excluding carboxylic acids is 1. The highest BCUT2D eigenvalue weighted by molar-refractivity contribution is 5.71. The Hall–Kier alpha value is -1.97. The molecule has 0 aromatic carbocycles. The van der Waals surface area contributed by atoms with Crippen LogP contribution < -0.4 is 0 Å². The number of ether oxygens (including phenoxy) is 2. The summed E-state index contributed by atoms with van der Waals surface area (Å²) in [6, 6.07) is 2.20. The predicted octanol–water partition coefficient (Wildman–Crippen LogP) is -0.610. The number of esters is 1. The SMILES string of the molecule is COC(=O)CN1C[C@H]2COC[C@@H]1CN(CCn1cccn1)C2.O=CO. The normalized spacial score (nSPS) is 23.9. The van der Waals surface area contributed by atoms with Gasteiger partial charge in [-0.15, -0.1) is 0 Å². The minimum atomic E-state index is -0.250. The molecule has 140 valence electrons. The van der Waals surface area contributed by atoms with Crippen molar-refractivity contribution >= 4 is 12.4 Å². The second-order valence-electron chi connectivity index (χ2n) is 6.20. The Kier molecular flexibility index (Phi) is 7.83. The molecule has 3 heterocycles. The molecule has 9 heteroatoms. The molecule has 0 radical (unpaired) electrons. The molecule has 2 aliphatic rings. The number of fused-ring (bicyclic) bond motifs is 3. The molecule has 2 saturated heterocycles. The first-order chi connectivity index (χ1) is 12.2. The molecular weight excluding hydrogens is 328 g/mol. The van der Waals surface area contributed by atoms with Crippen molar-refractivity contribution in [2.75, 3.05) is 53.0 Å². The number of nitrogens with zero attached hydrogens (tertiary/aromatic N) is 4. The maximum absolute atomic E-state index is 11.6. The fourth-order valence-corrected chi connectivity index (χ4v) is 3.31. The van der Waals surface area contributed by atoms with Crippen LogP contribution in [0.2, 0.25) is 0 Å². The summed E-state index contributed by atoms with van der Waals surface area (Å²) in [5.74, 6) is 0.269. The Balaban J connectivity index is 0.000000701. The summed E-state index contributed by atoms with van der Waals surface area (Å²) < 4.78 is 12.5. The molecule has 0 saturated carbocycles. The van der Waals surface area contributed by atoms with E-state index in [0.717, 1.165) is 39.3 Å². The van der Waals surface area contributed by atoms with Crippen molar-refractivity contribution in [2.24, 2.45) is 5.92 Å². The topological polar surface area (TPSA) is 97.1 Å². The standard InChI is InChI=1S/C15H24N4O3.CH2O2/c1-21-15(20)10-18-8-13-7-17(9-14(18)12-22-11-13)5-6-19-4-2-3-16-19;2-1-3/h2-4,13-14H,5-12H2,1H3;1H,(H,2,3)/t13-,14-;/m0./s1. The molecule has 9 nitrogen and oxygen atoms in total. The van der Waals surface area contributed by atoms with Crippen LogP contribution >= 0.6 is 0 Å². The Bertz CT molecular complexity index is 525. The summed E-state index contributed by atoms with van der Waals surface area (Å²) in [5.41, 5.74) is 0. The number of methoxy groups -OCH3 is 1. The van der Waals surface area contributed by atoms with E-state index in [2.05, 4.69) is 14.9 Å². The largest absolute Gasteiger partial charge is 0.483 e. The number of hydrogen-bond donors (Lipinski definition) is 1. The summed E-state index contributed by atoms with van der Waals surface area (Å²) in [6.45, 7) is 6.26. The van der Waals surface area contributed by atoms with Gasteiger partial charge in [0.25, 0.3) is 6.47 Å². The van der Waals surface area contributed by atoms with Gasteiger partial charge in [0.05, 0.1) is 33.4 Å². The first-order valence-corrected chi connectivity index (χ1v) is 8.32. The van der Waals surface area contributed by atoms with E-state index in [1.165, 1.54) is 7.11 Å². The molecule has 1 aromatic heterocycles. The van der Waals surface area contributed by atoms with Gasteiger partial charge in [-0.3, -0.25) is 24.1 Å². The molecule has 0 aliphatic carbocycles. The lowest BCUT2D eigenvalue weighted by Gasteiger charge is -2.30. The van der Waals surface area contributed by atoms with Crippen LogP contribution in [0.4, 0.5) is 0 Å². The number of aromatic nitrogens is 2. The van der Waals surface area contributed by atoms with E-state index in [0.29, 0.717) is 19.1 Å². The zero-order valence-electron chi connectivity index (χ0n) is 14.5.